The Kier molecular flexibility index (Phi) is 8.23. The maximum absolute atomic E-state index is 12.4. The molecule has 2 saturated heterocycles. The van der Waals surface area contributed by atoms with Crippen molar-refractivity contribution in [1.29, 1.82) is 0 Å². The number of piperidine rings is 1. The van der Waals surface area contributed by atoms with Gasteiger partial charge in [0, 0.05) is 33.2 Å². The third-order valence-corrected chi connectivity index (χ3v) is 5.87. The van der Waals surface area contributed by atoms with Crippen LogP contribution in [0.3, 0.4) is 0 Å². The van der Waals surface area contributed by atoms with Gasteiger partial charge in [-0.05, 0) is 77.6 Å². The van der Waals surface area contributed by atoms with Crippen LogP contribution in [-0.2, 0) is 4.74 Å². The Morgan fingerprint density at radius 1 is 1.26 bits per heavy atom. The summed E-state index contributed by atoms with van der Waals surface area (Å²) in [5, 5.41) is 6.92. The lowest BCUT2D eigenvalue weighted by molar-refractivity contribution is 0.0168. The largest absolute Gasteiger partial charge is 0.468 e. The van der Waals surface area contributed by atoms with Gasteiger partial charge in [0.15, 0.2) is 5.96 Å². The molecule has 8 nitrogen and oxygen atoms in total. The molecule has 2 fully saturated rings. The van der Waals surface area contributed by atoms with E-state index < -0.39 is 5.60 Å². The summed E-state index contributed by atoms with van der Waals surface area (Å²) in [5.74, 6) is 2.15. The molecule has 2 aliphatic heterocycles. The number of amides is 1. The first-order chi connectivity index (χ1) is 14.9. The summed E-state index contributed by atoms with van der Waals surface area (Å²) in [7, 11) is 1.79. The Hall–Kier alpha value is -2.22. The topological polar surface area (TPSA) is 82.3 Å². The van der Waals surface area contributed by atoms with Crippen molar-refractivity contribution in [3.8, 4) is 0 Å². The van der Waals surface area contributed by atoms with Gasteiger partial charge in [-0.3, -0.25) is 9.89 Å². The minimum absolute atomic E-state index is 0.202. The molecule has 3 heterocycles. The molecule has 0 bridgehead atoms. The Bertz CT molecular complexity index is 707. The number of nitrogens with zero attached hydrogens (tertiary/aromatic N) is 3. The van der Waals surface area contributed by atoms with Gasteiger partial charge in [-0.25, -0.2) is 4.79 Å². The van der Waals surface area contributed by atoms with E-state index in [9.17, 15) is 4.79 Å². The van der Waals surface area contributed by atoms with Crippen molar-refractivity contribution in [3.05, 3.63) is 24.2 Å². The summed E-state index contributed by atoms with van der Waals surface area (Å²) in [6, 6.07) is 4.20. The van der Waals surface area contributed by atoms with Crippen LogP contribution in [-0.4, -0.2) is 73.8 Å². The van der Waals surface area contributed by atoms with E-state index in [0.717, 1.165) is 57.3 Å². The quantitative estimate of drug-likeness (QED) is 0.529. The van der Waals surface area contributed by atoms with Crippen molar-refractivity contribution >= 4 is 12.1 Å². The lowest BCUT2D eigenvalue weighted by Gasteiger charge is -2.34. The standard InChI is InChI=1S/C23H39N5O3/c1-23(2,3)31-22(29)28-13-7-9-18(17-28)15-25-21(24-4)26-16-19(20-10-8-14-30-20)27-11-5-6-12-27/h8,10,14,18-19H,5-7,9,11-13,15-17H2,1-4H3,(H2,24,25,26). The molecule has 0 aromatic carbocycles. The molecule has 0 spiro atoms. The number of guanidine groups is 1. The molecule has 2 unspecified atom stereocenters. The zero-order chi connectivity index (χ0) is 22.3. The summed E-state index contributed by atoms with van der Waals surface area (Å²) in [6.07, 6.45) is 6.08. The molecule has 0 saturated carbocycles. The maximum Gasteiger partial charge on any atom is 0.410 e. The van der Waals surface area contributed by atoms with E-state index in [4.69, 9.17) is 9.15 Å². The van der Waals surface area contributed by atoms with Gasteiger partial charge in [0.25, 0.3) is 0 Å². The molecular weight excluding hydrogens is 394 g/mol. The zero-order valence-corrected chi connectivity index (χ0v) is 19.5. The number of carbonyl (C=O) groups is 1. The second-order valence-electron chi connectivity index (χ2n) is 9.54. The van der Waals surface area contributed by atoms with Crippen LogP contribution in [0.5, 0.6) is 0 Å². The molecule has 1 amide bonds. The fourth-order valence-electron chi connectivity index (χ4n) is 4.32. The van der Waals surface area contributed by atoms with E-state index in [1.807, 2.05) is 37.8 Å². The number of ether oxygens (including phenoxy) is 1. The maximum atomic E-state index is 12.4. The number of rotatable bonds is 6. The van der Waals surface area contributed by atoms with Crippen LogP contribution in [0.1, 0.15) is 58.3 Å². The van der Waals surface area contributed by atoms with Crippen molar-refractivity contribution < 1.29 is 13.9 Å². The molecule has 2 atom stereocenters. The highest BCUT2D eigenvalue weighted by Crippen LogP contribution is 2.25. The molecule has 3 rings (SSSR count). The van der Waals surface area contributed by atoms with Crippen LogP contribution in [0.25, 0.3) is 0 Å². The second-order valence-corrected chi connectivity index (χ2v) is 9.54. The third-order valence-electron chi connectivity index (χ3n) is 5.87. The SMILES string of the molecule is CN=C(NCC1CCCN(C(=O)OC(C)(C)C)C1)NCC(c1ccco1)N1CCCC1. The Morgan fingerprint density at radius 2 is 2.03 bits per heavy atom. The Labute approximate surface area is 186 Å². The van der Waals surface area contributed by atoms with Gasteiger partial charge >= 0.3 is 6.09 Å². The van der Waals surface area contributed by atoms with Crippen molar-refractivity contribution in [1.82, 2.24) is 20.4 Å². The zero-order valence-electron chi connectivity index (χ0n) is 19.5. The Balaban J connectivity index is 1.48. The third kappa shape index (κ3) is 7.16. The smallest absolute Gasteiger partial charge is 0.410 e. The first-order valence-corrected chi connectivity index (χ1v) is 11.6. The van der Waals surface area contributed by atoms with Gasteiger partial charge in [-0.2, -0.15) is 0 Å². The average molecular weight is 434 g/mol. The molecule has 1 aromatic heterocycles. The van der Waals surface area contributed by atoms with Crippen LogP contribution < -0.4 is 10.6 Å². The molecule has 8 heteroatoms. The van der Waals surface area contributed by atoms with E-state index >= 15 is 0 Å². The van der Waals surface area contributed by atoms with Crippen molar-refractivity contribution in [2.45, 2.75) is 58.1 Å². The minimum Gasteiger partial charge on any atom is -0.468 e. The normalized spacial score (nSPS) is 21.7. The number of hydrogen-bond acceptors (Lipinski definition) is 5. The number of hydrogen-bond donors (Lipinski definition) is 2. The van der Waals surface area contributed by atoms with E-state index in [1.165, 1.54) is 12.8 Å². The molecular formula is C23H39N5O3. The fraction of sp³-hybridized carbons (Fsp3) is 0.739. The number of aliphatic imine (C=N–C) groups is 1. The minimum atomic E-state index is -0.464. The van der Waals surface area contributed by atoms with Crippen molar-refractivity contribution in [2.75, 3.05) is 46.3 Å². The van der Waals surface area contributed by atoms with Crippen LogP contribution >= 0.6 is 0 Å². The first-order valence-electron chi connectivity index (χ1n) is 11.6. The highest BCUT2D eigenvalue weighted by atomic mass is 16.6. The fourth-order valence-corrected chi connectivity index (χ4v) is 4.32. The first kappa shape index (κ1) is 23.4. The highest BCUT2D eigenvalue weighted by molar-refractivity contribution is 5.79. The summed E-state index contributed by atoms with van der Waals surface area (Å²) in [6.45, 7) is 10.9. The highest BCUT2D eigenvalue weighted by Gasteiger charge is 2.28. The van der Waals surface area contributed by atoms with Gasteiger partial charge in [0.1, 0.15) is 11.4 Å². The molecule has 2 aliphatic rings. The predicted octanol–water partition coefficient (Wildman–Crippen LogP) is 3.23. The lowest BCUT2D eigenvalue weighted by Crippen LogP contribution is -2.48. The summed E-state index contributed by atoms with van der Waals surface area (Å²) >= 11 is 0. The van der Waals surface area contributed by atoms with E-state index in [1.54, 1.807) is 13.3 Å². The molecule has 0 aliphatic carbocycles. The van der Waals surface area contributed by atoms with Gasteiger partial charge in [0.05, 0.1) is 12.3 Å². The monoisotopic (exact) mass is 433 g/mol. The molecule has 1 aromatic rings. The number of likely N-dealkylation sites (tertiary alicyclic amines) is 2. The number of nitrogens with one attached hydrogen (secondary N) is 2. The van der Waals surface area contributed by atoms with E-state index in [-0.39, 0.29) is 12.1 Å². The van der Waals surface area contributed by atoms with Crippen molar-refractivity contribution in [2.24, 2.45) is 10.9 Å². The average Bonchev–Trinajstić information content (AvgIpc) is 3.44. The van der Waals surface area contributed by atoms with Gasteiger partial charge in [0.2, 0.25) is 0 Å². The number of furan rings is 1. The number of carbonyl (C=O) groups excluding carboxylic acids is 1. The van der Waals surface area contributed by atoms with Crippen LogP contribution in [0.15, 0.2) is 27.8 Å². The summed E-state index contributed by atoms with van der Waals surface area (Å²) < 4.78 is 11.2. The van der Waals surface area contributed by atoms with Crippen LogP contribution in [0.4, 0.5) is 4.79 Å². The van der Waals surface area contributed by atoms with Gasteiger partial charge in [-0.1, -0.05) is 0 Å². The summed E-state index contributed by atoms with van der Waals surface area (Å²) in [5.41, 5.74) is -0.464. The molecule has 174 valence electrons. The lowest BCUT2D eigenvalue weighted by atomic mass is 9.98. The predicted molar refractivity (Wildman–Crippen MR) is 122 cm³/mol. The van der Waals surface area contributed by atoms with Crippen molar-refractivity contribution in [3.63, 3.8) is 0 Å². The summed E-state index contributed by atoms with van der Waals surface area (Å²) in [4.78, 5) is 21.1. The van der Waals surface area contributed by atoms with Crippen LogP contribution in [0, 0.1) is 5.92 Å². The van der Waals surface area contributed by atoms with Gasteiger partial charge in [-0.15, -0.1) is 0 Å². The Morgan fingerprint density at radius 3 is 2.68 bits per heavy atom. The molecule has 0 radical (unpaired) electrons. The second kappa shape index (κ2) is 10.9. The molecule has 2 N–H and O–H groups in total. The van der Waals surface area contributed by atoms with Crippen LogP contribution in [0.2, 0.25) is 0 Å². The van der Waals surface area contributed by atoms with E-state index in [0.29, 0.717) is 12.5 Å². The molecule has 31 heavy (non-hydrogen) atoms. The van der Waals surface area contributed by atoms with E-state index in [2.05, 4.69) is 20.5 Å². The van der Waals surface area contributed by atoms with Gasteiger partial charge < -0.3 is 24.7 Å².